The van der Waals surface area contributed by atoms with Crippen LogP contribution in [0.4, 0.5) is 10.3 Å². The summed E-state index contributed by atoms with van der Waals surface area (Å²) < 4.78 is 13.7. The molecule has 8 heteroatoms. The second-order valence-corrected chi connectivity index (χ2v) is 6.82. The van der Waals surface area contributed by atoms with Crippen LogP contribution in [0.1, 0.15) is 23.2 Å². The van der Waals surface area contributed by atoms with Gasteiger partial charge in [-0.1, -0.05) is 15.9 Å². The van der Waals surface area contributed by atoms with Gasteiger partial charge in [-0.2, -0.15) is 0 Å². The maximum absolute atomic E-state index is 12.8. The number of amides is 2. The zero-order chi connectivity index (χ0) is 17.8. The van der Waals surface area contributed by atoms with E-state index in [0.717, 1.165) is 29.7 Å². The number of rotatable bonds is 6. The third-order valence-electron chi connectivity index (χ3n) is 3.76. The van der Waals surface area contributed by atoms with Crippen molar-refractivity contribution in [3.05, 3.63) is 52.5 Å². The minimum absolute atomic E-state index is 0.00821. The summed E-state index contributed by atoms with van der Waals surface area (Å²) in [6, 6.07) is 7.00. The number of carbonyl (C=O) groups is 2. The van der Waals surface area contributed by atoms with Crippen molar-refractivity contribution in [3.8, 4) is 0 Å². The van der Waals surface area contributed by atoms with E-state index in [9.17, 15) is 14.0 Å². The molecule has 1 aliphatic carbocycles. The molecule has 2 aromatic rings. The average Bonchev–Trinajstić information content (AvgIpc) is 3.40. The lowest BCUT2D eigenvalue weighted by atomic mass is 10.2. The van der Waals surface area contributed by atoms with E-state index in [2.05, 4.69) is 31.2 Å². The minimum atomic E-state index is -0.584. The Morgan fingerprint density at radius 1 is 1.20 bits per heavy atom. The van der Waals surface area contributed by atoms with E-state index in [-0.39, 0.29) is 18.4 Å². The van der Waals surface area contributed by atoms with Crippen molar-refractivity contribution in [1.29, 1.82) is 0 Å². The Bertz CT molecular complexity index is 763. The van der Waals surface area contributed by atoms with Gasteiger partial charge in [0.1, 0.15) is 6.54 Å². The summed E-state index contributed by atoms with van der Waals surface area (Å²) in [7, 11) is 0. The number of anilines is 1. The molecule has 130 valence electrons. The molecule has 1 heterocycles. The molecule has 6 nitrogen and oxygen atoms in total. The summed E-state index contributed by atoms with van der Waals surface area (Å²) in [5.74, 6) is -0.755. The molecular formula is C17H16BrFN4O2. The molecule has 1 aromatic carbocycles. The Morgan fingerprint density at radius 2 is 1.84 bits per heavy atom. The van der Waals surface area contributed by atoms with Gasteiger partial charge in [0.25, 0.3) is 5.91 Å². The van der Waals surface area contributed by atoms with E-state index >= 15 is 0 Å². The van der Waals surface area contributed by atoms with Crippen molar-refractivity contribution in [1.82, 2.24) is 14.9 Å². The summed E-state index contributed by atoms with van der Waals surface area (Å²) in [5, 5.41) is 2.48. The Hall–Kier alpha value is -2.35. The van der Waals surface area contributed by atoms with Crippen LogP contribution in [0, 0.1) is 11.7 Å². The van der Waals surface area contributed by atoms with Crippen LogP contribution in [0.15, 0.2) is 41.1 Å². The fourth-order valence-corrected chi connectivity index (χ4v) is 2.59. The number of carbonyl (C=O) groups excluding carboxylic acids is 2. The highest BCUT2D eigenvalue weighted by Crippen LogP contribution is 2.30. The normalized spacial score (nSPS) is 13.4. The van der Waals surface area contributed by atoms with Crippen LogP contribution in [0.5, 0.6) is 0 Å². The number of halogens is 2. The summed E-state index contributed by atoms with van der Waals surface area (Å²) in [5.41, 5.74) is 0.523. The number of nitrogens with one attached hydrogen (secondary N) is 1. The third-order valence-corrected chi connectivity index (χ3v) is 4.29. The van der Waals surface area contributed by atoms with Crippen LogP contribution in [0.25, 0.3) is 0 Å². The van der Waals surface area contributed by atoms with Gasteiger partial charge in [-0.25, -0.2) is 14.4 Å². The summed E-state index contributed by atoms with van der Waals surface area (Å²) in [4.78, 5) is 33.8. The molecule has 0 saturated heterocycles. The molecule has 0 radical (unpaired) electrons. The Morgan fingerprint density at radius 3 is 2.44 bits per heavy atom. The van der Waals surface area contributed by atoms with Gasteiger partial charge in [-0.15, -0.1) is 0 Å². The molecule has 2 amide bonds. The topological polar surface area (TPSA) is 75.2 Å². The number of hydrogen-bond donors (Lipinski definition) is 1. The van der Waals surface area contributed by atoms with Crippen molar-refractivity contribution >= 4 is 33.7 Å². The van der Waals surface area contributed by atoms with E-state index in [1.807, 2.05) is 0 Å². The SMILES string of the molecule is O=C(CN(CC1CC1)C(=O)c1ccc(Br)cc1)Nc1ncc(F)cn1. The van der Waals surface area contributed by atoms with Gasteiger partial charge in [-0.05, 0) is 43.0 Å². The fraction of sp³-hybridized carbons (Fsp3) is 0.294. The third kappa shape index (κ3) is 5.06. The highest BCUT2D eigenvalue weighted by atomic mass is 79.9. The van der Waals surface area contributed by atoms with Crippen molar-refractivity contribution in [2.45, 2.75) is 12.8 Å². The Kier molecular flexibility index (Phi) is 5.37. The second-order valence-electron chi connectivity index (χ2n) is 5.91. The van der Waals surface area contributed by atoms with E-state index in [0.29, 0.717) is 18.0 Å². The molecule has 0 unspecified atom stereocenters. The molecular weight excluding hydrogens is 391 g/mol. The van der Waals surface area contributed by atoms with Crippen molar-refractivity contribution in [2.24, 2.45) is 5.92 Å². The van der Waals surface area contributed by atoms with Crippen LogP contribution in [-0.2, 0) is 4.79 Å². The summed E-state index contributed by atoms with van der Waals surface area (Å²) >= 11 is 3.33. The lowest BCUT2D eigenvalue weighted by Crippen LogP contribution is -2.39. The lowest BCUT2D eigenvalue weighted by molar-refractivity contribution is -0.117. The van der Waals surface area contributed by atoms with Crippen molar-refractivity contribution < 1.29 is 14.0 Å². The maximum Gasteiger partial charge on any atom is 0.254 e. The maximum atomic E-state index is 12.8. The van der Waals surface area contributed by atoms with E-state index < -0.39 is 11.7 Å². The van der Waals surface area contributed by atoms with Gasteiger partial charge in [-0.3, -0.25) is 14.9 Å². The van der Waals surface area contributed by atoms with Gasteiger partial charge >= 0.3 is 0 Å². The molecule has 25 heavy (non-hydrogen) atoms. The quantitative estimate of drug-likeness (QED) is 0.799. The highest BCUT2D eigenvalue weighted by Gasteiger charge is 2.28. The molecule has 3 rings (SSSR count). The lowest BCUT2D eigenvalue weighted by Gasteiger charge is -2.22. The fourth-order valence-electron chi connectivity index (χ4n) is 2.32. The molecule has 0 atom stereocenters. The van der Waals surface area contributed by atoms with Crippen molar-refractivity contribution in [3.63, 3.8) is 0 Å². The average molecular weight is 407 g/mol. The number of aromatic nitrogens is 2. The smallest absolute Gasteiger partial charge is 0.254 e. The second kappa shape index (κ2) is 7.69. The summed E-state index contributed by atoms with van der Waals surface area (Å²) in [6.07, 6.45) is 4.06. The largest absolute Gasteiger partial charge is 0.329 e. The van der Waals surface area contributed by atoms with Gasteiger partial charge in [0.2, 0.25) is 11.9 Å². The summed E-state index contributed by atoms with van der Waals surface area (Å²) in [6.45, 7) is 0.429. The van der Waals surface area contributed by atoms with Crippen LogP contribution in [0.2, 0.25) is 0 Å². The van der Waals surface area contributed by atoms with Crippen LogP contribution < -0.4 is 5.32 Å². The van der Waals surface area contributed by atoms with Crippen LogP contribution in [0.3, 0.4) is 0 Å². The zero-order valence-corrected chi connectivity index (χ0v) is 14.9. The molecule has 0 bridgehead atoms. The molecule has 1 aromatic heterocycles. The number of benzene rings is 1. The molecule has 1 fully saturated rings. The van der Waals surface area contributed by atoms with Gasteiger partial charge < -0.3 is 4.90 Å². The van der Waals surface area contributed by atoms with E-state index in [1.54, 1.807) is 24.3 Å². The van der Waals surface area contributed by atoms with Gasteiger partial charge in [0.05, 0.1) is 12.4 Å². The minimum Gasteiger partial charge on any atom is -0.329 e. The number of nitrogens with zero attached hydrogens (tertiary/aromatic N) is 3. The highest BCUT2D eigenvalue weighted by molar-refractivity contribution is 9.10. The monoisotopic (exact) mass is 406 g/mol. The standard InChI is InChI=1S/C17H16BrFN4O2/c18-13-5-3-12(4-6-13)16(25)23(9-11-1-2-11)10-15(24)22-17-20-7-14(19)8-21-17/h3-8,11H,1-2,9-10H2,(H,20,21,22,24). The van der Waals surface area contributed by atoms with Crippen LogP contribution >= 0.6 is 15.9 Å². The first-order chi connectivity index (χ1) is 12.0. The Labute approximate surface area is 152 Å². The van der Waals surface area contributed by atoms with E-state index in [4.69, 9.17) is 0 Å². The first-order valence-corrected chi connectivity index (χ1v) is 8.63. The predicted molar refractivity (Wildman–Crippen MR) is 93.4 cm³/mol. The number of hydrogen-bond acceptors (Lipinski definition) is 4. The first kappa shape index (κ1) is 17.5. The zero-order valence-electron chi connectivity index (χ0n) is 13.3. The van der Waals surface area contributed by atoms with Crippen molar-refractivity contribution in [2.75, 3.05) is 18.4 Å². The molecule has 1 saturated carbocycles. The molecule has 0 spiro atoms. The predicted octanol–water partition coefficient (Wildman–Crippen LogP) is 2.87. The first-order valence-electron chi connectivity index (χ1n) is 7.83. The molecule has 1 N–H and O–H groups in total. The van der Waals surface area contributed by atoms with Gasteiger partial charge in [0.15, 0.2) is 5.82 Å². The molecule has 1 aliphatic rings. The molecule has 0 aliphatic heterocycles. The van der Waals surface area contributed by atoms with E-state index in [1.165, 1.54) is 4.90 Å². The Balaban J connectivity index is 1.67. The van der Waals surface area contributed by atoms with Gasteiger partial charge in [0, 0.05) is 16.6 Å². The van der Waals surface area contributed by atoms with Crippen LogP contribution in [-0.4, -0.2) is 39.8 Å².